The zero-order chi connectivity index (χ0) is 22.8. The fourth-order valence-electron chi connectivity index (χ4n) is 3.83. The minimum absolute atomic E-state index is 0.0186. The Morgan fingerprint density at radius 3 is 2.38 bits per heavy atom. The number of carbonyl (C=O) groups excluding carboxylic acids is 1. The quantitative estimate of drug-likeness (QED) is 0.438. The van der Waals surface area contributed by atoms with Gasteiger partial charge in [-0.15, -0.1) is 0 Å². The molecular weight excluding hydrogens is 398 g/mol. The van der Waals surface area contributed by atoms with Gasteiger partial charge in [0, 0.05) is 50.9 Å². The number of piperidine rings is 1. The van der Waals surface area contributed by atoms with Crippen LogP contribution in [0.4, 0.5) is 0 Å². The van der Waals surface area contributed by atoms with E-state index in [0.29, 0.717) is 18.2 Å². The first-order valence-electron chi connectivity index (χ1n) is 11.7. The normalized spacial score (nSPS) is 16.4. The van der Waals surface area contributed by atoms with Gasteiger partial charge in [-0.05, 0) is 49.4 Å². The predicted octanol–water partition coefficient (Wildman–Crippen LogP) is 3.54. The summed E-state index contributed by atoms with van der Waals surface area (Å²) in [5.41, 5.74) is 3.18. The minimum Gasteiger partial charge on any atom is -0.354 e. The maximum atomic E-state index is 12.2. The van der Waals surface area contributed by atoms with E-state index in [9.17, 15) is 4.79 Å². The molecule has 0 aromatic heterocycles. The zero-order valence-corrected chi connectivity index (χ0v) is 19.6. The standard InChI is InChI=1S/C26H37N5O/c1-4-20(2)29-25(32)23-12-10-21(11-13-23)18-28-26(27-3)30-24-14-16-31(17-15-24)19-22-8-6-5-7-9-22/h5-13,20,24H,4,14-19H2,1-3H3,(H,29,32)(H2,27,28,30). The van der Waals surface area contributed by atoms with Crippen molar-refractivity contribution >= 4 is 11.9 Å². The molecule has 1 heterocycles. The number of nitrogens with one attached hydrogen (secondary N) is 3. The number of aliphatic imine (C=N–C) groups is 1. The topological polar surface area (TPSA) is 68.8 Å². The van der Waals surface area contributed by atoms with Crippen LogP contribution >= 0.6 is 0 Å². The lowest BCUT2D eigenvalue weighted by Crippen LogP contribution is -2.48. The van der Waals surface area contributed by atoms with E-state index in [1.165, 1.54) is 5.56 Å². The van der Waals surface area contributed by atoms with Gasteiger partial charge in [0.1, 0.15) is 0 Å². The molecule has 1 saturated heterocycles. The third kappa shape index (κ3) is 7.38. The van der Waals surface area contributed by atoms with Gasteiger partial charge in [-0.2, -0.15) is 0 Å². The highest BCUT2D eigenvalue weighted by atomic mass is 16.1. The molecule has 3 rings (SSSR count). The molecule has 2 aromatic rings. The van der Waals surface area contributed by atoms with Gasteiger partial charge in [0.15, 0.2) is 5.96 Å². The second-order valence-corrected chi connectivity index (χ2v) is 8.59. The Bertz CT molecular complexity index is 858. The van der Waals surface area contributed by atoms with Crippen LogP contribution < -0.4 is 16.0 Å². The Labute approximate surface area is 192 Å². The van der Waals surface area contributed by atoms with Gasteiger partial charge in [-0.1, -0.05) is 49.4 Å². The number of likely N-dealkylation sites (tertiary alicyclic amines) is 1. The first-order chi connectivity index (χ1) is 15.6. The summed E-state index contributed by atoms with van der Waals surface area (Å²) in [5, 5.41) is 9.96. The van der Waals surface area contributed by atoms with Crippen LogP contribution in [0.25, 0.3) is 0 Å². The molecule has 2 aromatic carbocycles. The lowest BCUT2D eigenvalue weighted by Gasteiger charge is -2.33. The molecule has 1 fully saturated rings. The molecule has 0 radical (unpaired) electrons. The molecule has 6 nitrogen and oxygen atoms in total. The van der Waals surface area contributed by atoms with Crippen LogP contribution in [0.5, 0.6) is 0 Å². The second kappa shape index (κ2) is 12.2. The summed E-state index contributed by atoms with van der Waals surface area (Å²) in [7, 11) is 1.81. The van der Waals surface area contributed by atoms with Crippen LogP contribution in [0.15, 0.2) is 59.6 Å². The lowest BCUT2D eigenvalue weighted by atomic mass is 10.0. The number of amides is 1. The van der Waals surface area contributed by atoms with Crippen LogP contribution in [0.3, 0.4) is 0 Å². The number of rotatable bonds is 8. The summed E-state index contributed by atoms with van der Waals surface area (Å²) < 4.78 is 0. The molecule has 0 saturated carbocycles. The average molecular weight is 436 g/mol. The Hall–Kier alpha value is -2.86. The maximum Gasteiger partial charge on any atom is 0.251 e. The van der Waals surface area contributed by atoms with Gasteiger partial charge in [0.25, 0.3) is 5.91 Å². The molecule has 0 aliphatic carbocycles. The van der Waals surface area contributed by atoms with Crippen molar-refractivity contribution in [3.63, 3.8) is 0 Å². The van der Waals surface area contributed by atoms with Crippen LogP contribution in [0.2, 0.25) is 0 Å². The fraction of sp³-hybridized carbons (Fsp3) is 0.462. The summed E-state index contributed by atoms with van der Waals surface area (Å²) >= 11 is 0. The van der Waals surface area contributed by atoms with Crippen LogP contribution in [-0.4, -0.2) is 49.0 Å². The van der Waals surface area contributed by atoms with Gasteiger partial charge in [0.2, 0.25) is 0 Å². The molecular formula is C26H37N5O. The molecule has 1 amide bonds. The Morgan fingerprint density at radius 2 is 1.75 bits per heavy atom. The molecule has 0 bridgehead atoms. The number of guanidine groups is 1. The van der Waals surface area contributed by atoms with Crippen molar-refractivity contribution in [3.8, 4) is 0 Å². The summed E-state index contributed by atoms with van der Waals surface area (Å²) in [6.45, 7) is 7.94. The highest BCUT2D eigenvalue weighted by Gasteiger charge is 2.20. The molecule has 1 atom stereocenters. The first kappa shape index (κ1) is 23.8. The number of benzene rings is 2. The average Bonchev–Trinajstić information content (AvgIpc) is 2.83. The summed E-state index contributed by atoms with van der Waals surface area (Å²) in [6, 6.07) is 19.0. The van der Waals surface area contributed by atoms with Crippen LogP contribution in [0.1, 0.15) is 54.6 Å². The Morgan fingerprint density at radius 1 is 1.06 bits per heavy atom. The smallest absolute Gasteiger partial charge is 0.251 e. The first-order valence-corrected chi connectivity index (χ1v) is 11.7. The fourth-order valence-corrected chi connectivity index (χ4v) is 3.83. The summed E-state index contributed by atoms with van der Waals surface area (Å²) in [6.07, 6.45) is 3.13. The Balaban J connectivity index is 1.41. The van der Waals surface area contributed by atoms with E-state index in [4.69, 9.17) is 0 Å². The molecule has 3 N–H and O–H groups in total. The largest absolute Gasteiger partial charge is 0.354 e. The molecule has 32 heavy (non-hydrogen) atoms. The molecule has 0 spiro atoms. The summed E-state index contributed by atoms with van der Waals surface area (Å²) in [5.74, 6) is 0.806. The van der Waals surface area contributed by atoms with E-state index < -0.39 is 0 Å². The highest BCUT2D eigenvalue weighted by molar-refractivity contribution is 5.94. The van der Waals surface area contributed by atoms with E-state index >= 15 is 0 Å². The Kier molecular flexibility index (Phi) is 9.11. The van der Waals surface area contributed by atoms with Gasteiger partial charge >= 0.3 is 0 Å². The number of nitrogens with zero attached hydrogens (tertiary/aromatic N) is 2. The molecule has 1 aliphatic heterocycles. The van der Waals surface area contributed by atoms with Crippen molar-refractivity contribution in [1.29, 1.82) is 0 Å². The number of hydrogen-bond donors (Lipinski definition) is 3. The van der Waals surface area contributed by atoms with E-state index in [1.54, 1.807) is 0 Å². The van der Waals surface area contributed by atoms with Gasteiger partial charge in [0.05, 0.1) is 0 Å². The van der Waals surface area contributed by atoms with E-state index in [2.05, 4.69) is 63.1 Å². The zero-order valence-electron chi connectivity index (χ0n) is 19.6. The van der Waals surface area contributed by atoms with Crippen molar-refractivity contribution in [2.75, 3.05) is 20.1 Å². The van der Waals surface area contributed by atoms with Crippen molar-refractivity contribution in [2.45, 2.75) is 58.3 Å². The van der Waals surface area contributed by atoms with Crippen LogP contribution in [-0.2, 0) is 13.1 Å². The predicted molar refractivity (Wildman–Crippen MR) is 132 cm³/mol. The van der Waals surface area contributed by atoms with Crippen molar-refractivity contribution in [3.05, 3.63) is 71.3 Å². The highest BCUT2D eigenvalue weighted by Crippen LogP contribution is 2.14. The van der Waals surface area contributed by atoms with Crippen LogP contribution in [0, 0.1) is 0 Å². The second-order valence-electron chi connectivity index (χ2n) is 8.59. The molecule has 172 valence electrons. The monoisotopic (exact) mass is 435 g/mol. The summed E-state index contributed by atoms with van der Waals surface area (Å²) in [4.78, 5) is 19.1. The van der Waals surface area contributed by atoms with E-state index in [-0.39, 0.29) is 11.9 Å². The molecule has 1 aliphatic rings. The third-order valence-electron chi connectivity index (χ3n) is 6.07. The lowest BCUT2D eigenvalue weighted by molar-refractivity contribution is 0.0939. The van der Waals surface area contributed by atoms with Crippen molar-refractivity contribution < 1.29 is 4.79 Å². The van der Waals surface area contributed by atoms with Gasteiger partial charge in [-0.3, -0.25) is 14.7 Å². The van der Waals surface area contributed by atoms with E-state index in [1.807, 2.05) is 38.2 Å². The van der Waals surface area contributed by atoms with Crippen molar-refractivity contribution in [1.82, 2.24) is 20.9 Å². The minimum atomic E-state index is -0.0186. The van der Waals surface area contributed by atoms with Gasteiger partial charge < -0.3 is 16.0 Å². The SMILES string of the molecule is CCC(C)NC(=O)c1ccc(CNC(=NC)NC2CCN(Cc3ccccc3)CC2)cc1. The van der Waals surface area contributed by atoms with Crippen molar-refractivity contribution in [2.24, 2.45) is 4.99 Å². The number of hydrogen-bond acceptors (Lipinski definition) is 3. The third-order valence-corrected chi connectivity index (χ3v) is 6.07. The number of carbonyl (C=O) groups is 1. The van der Waals surface area contributed by atoms with E-state index in [0.717, 1.165) is 50.4 Å². The molecule has 1 unspecified atom stereocenters. The maximum absolute atomic E-state index is 12.2. The molecule has 6 heteroatoms. The van der Waals surface area contributed by atoms with Gasteiger partial charge in [-0.25, -0.2) is 0 Å².